The van der Waals surface area contributed by atoms with Crippen LogP contribution in [0.1, 0.15) is 17.3 Å². The molecule has 0 saturated carbocycles. The number of hydrogen-bond donors (Lipinski definition) is 0. The number of ether oxygens (including phenoxy) is 2. The van der Waals surface area contributed by atoms with E-state index in [2.05, 4.69) is 9.73 Å². The van der Waals surface area contributed by atoms with Gasteiger partial charge in [-0.25, -0.2) is 9.59 Å². The number of isocyanates is 1. The van der Waals surface area contributed by atoms with Gasteiger partial charge in [0.15, 0.2) is 5.75 Å². The molecule has 0 aliphatic carbocycles. The third-order valence-electron chi connectivity index (χ3n) is 1.87. The Hall–Kier alpha value is -2.27. The molecule has 96 valence electrons. The molecular formula is C11H9F2NO4. The van der Waals surface area contributed by atoms with Crippen LogP contribution in [0.2, 0.25) is 0 Å². The monoisotopic (exact) mass is 257 g/mol. The van der Waals surface area contributed by atoms with E-state index in [0.29, 0.717) is 0 Å². The summed E-state index contributed by atoms with van der Waals surface area (Å²) < 4.78 is 33.1. The maximum Gasteiger partial charge on any atom is 0.387 e. The van der Waals surface area contributed by atoms with Gasteiger partial charge < -0.3 is 9.47 Å². The van der Waals surface area contributed by atoms with Gasteiger partial charge >= 0.3 is 12.6 Å². The van der Waals surface area contributed by atoms with Gasteiger partial charge in [0, 0.05) is 0 Å². The average Bonchev–Trinajstić information content (AvgIpc) is 2.31. The normalized spacial score (nSPS) is 9.78. The lowest BCUT2D eigenvalue weighted by atomic mass is 10.1. The number of rotatable bonds is 5. The molecule has 5 nitrogen and oxygen atoms in total. The van der Waals surface area contributed by atoms with Crippen LogP contribution in [0.5, 0.6) is 5.75 Å². The number of aliphatic imine (C=N–C) groups is 1. The van der Waals surface area contributed by atoms with Gasteiger partial charge in [-0.05, 0) is 19.1 Å². The summed E-state index contributed by atoms with van der Waals surface area (Å²) in [7, 11) is 0. The van der Waals surface area contributed by atoms with Gasteiger partial charge in [0.1, 0.15) is 5.69 Å². The molecule has 18 heavy (non-hydrogen) atoms. The van der Waals surface area contributed by atoms with Crippen molar-refractivity contribution in [2.75, 3.05) is 6.61 Å². The number of halogens is 2. The molecule has 0 unspecified atom stereocenters. The van der Waals surface area contributed by atoms with Gasteiger partial charge in [-0.1, -0.05) is 6.07 Å². The second kappa shape index (κ2) is 6.46. The minimum Gasteiger partial charge on any atom is -0.462 e. The lowest BCUT2D eigenvalue weighted by molar-refractivity contribution is -0.0495. The smallest absolute Gasteiger partial charge is 0.387 e. The van der Waals surface area contributed by atoms with Gasteiger partial charge in [0.2, 0.25) is 6.08 Å². The van der Waals surface area contributed by atoms with E-state index < -0.39 is 12.6 Å². The highest BCUT2D eigenvalue weighted by atomic mass is 19.3. The van der Waals surface area contributed by atoms with Crippen LogP contribution in [0.3, 0.4) is 0 Å². The van der Waals surface area contributed by atoms with Crippen molar-refractivity contribution >= 4 is 17.7 Å². The minimum absolute atomic E-state index is 0.100. The number of nitrogens with zero attached hydrogens (tertiary/aromatic N) is 1. The Morgan fingerprint density at radius 1 is 1.50 bits per heavy atom. The van der Waals surface area contributed by atoms with Crippen LogP contribution < -0.4 is 4.74 Å². The lowest BCUT2D eigenvalue weighted by Gasteiger charge is -2.10. The van der Waals surface area contributed by atoms with Gasteiger partial charge in [0.25, 0.3) is 0 Å². The predicted molar refractivity (Wildman–Crippen MR) is 56.8 cm³/mol. The van der Waals surface area contributed by atoms with E-state index in [9.17, 15) is 18.4 Å². The van der Waals surface area contributed by atoms with Gasteiger partial charge in [-0.3, -0.25) is 0 Å². The summed E-state index contributed by atoms with van der Waals surface area (Å²) >= 11 is 0. The molecule has 1 aromatic rings. The molecular weight excluding hydrogens is 248 g/mol. The topological polar surface area (TPSA) is 65.0 Å². The van der Waals surface area contributed by atoms with Crippen molar-refractivity contribution in [3.63, 3.8) is 0 Å². The Kier molecular flexibility index (Phi) is 4.95. The SMILES string of the molecule is CCOC(=O)c1cccc(OC(F)F)c1N=C=O. The zero-order valence-corrected chi connectivity index (χ0v) is 9.35. The molecule has 0 N–H and O–H groups in total. The quantitative estimate of drug-likeness (QED) is 0.461. The molecule has 7 heteroatoms. The molecule has 1 rings (SSSR count). The summed E-state index contributed by atoms with van der Waals surface area (Å²) in [5, 5.41) is 0. The molecule has 0 fully saturated rings. The Bertz CT molecular complexity index is 484. The highest BCUT2D eigenvalue weighted by molar-refractivity contribution is 5.96. The first-order valence-electron chi connectivity index (χ1n) is 4.93. The highest BCUT2D eigenvalue weighted by Crippen LogP contribution is 2.32. The maximum absolute atomic E-state index is 12.1. The zero-order chi connectivity index (χ0) is 13.5. The average molecular weight is 257 g/mol. The fourth-order valence-corrected chi connectivity index (χ4v) is 1.25. The van der Waals surface area contributed by atoms with E-state index in [1.165, 1.54) is 18.2 Å². The largest absolute Gasteiger partial charge is 0.462 e. The second-order valence-electron chi connectivity index (χ2n) is 2.95. The van der Waals surface area contributed by atoms with Gasteiger partial charge in [0.05, 0.1) is 12.2 Å². The molecule has 0 amide bonds. The summed E-state index contributed by atoms with van der Waals surface area (Å²) in [6, 6.07) is 3.76. The van der Waals surface area contributed by atoms with Crippen molar-refractivity contribution < 1.29 is 27.8 Å². The molecule has 0 spiro atoms. The first-order chi connectivity index (χ1) is 8.60. The number of benzene rings is 1. The molecule has 0 bridgehead atoms. The zero-order valence-electron chi connectivity index (χ0n) is 9.35. The molecule has 0 aliphatic rings. The standard InChI is InChI=1S/C11H9F2NO4/c1-2-17-10(16)7-4-3-5-8(18-11(12)13)9(7)14-6-15/h3-5,11H,2H2,1H3. The predicted octanol–water partition coefficient (Wildman–Crippen LogP) is 2.43. The molecule has 0 radical (unpaired) electrons. The summed E-state index contributed by atoms with van der Waals surface area (Å²) in [4.78, 5) is 25.0. The van der Waals surface area contributed by atoms with E-state index >= 15 is 0 Å². The molecule has 1 aromatic carbocycles. The molecule has 0 aliphatic heterocycles. The summed E-state index contributed by atoms with van der Waals surface area (Å²) in [5.41, 5.74) is -0.468. The van der Waals surface area contributed by atoms with Crippen molar-refractivity contribution in [3.8, 4) is 5.75 Å². The Labute approximate surface area is 101 Å². The summed E-state index contributed by atoms with van der Waals surface area (Å²) in [6.45, 7) is -1.41. The Morgan fingerprint density at radius 2 is 2.22 bits per heavy atom. The van der Waals surface area contributed by atoms with Crippen LogP contribution in [0.15, 0.2) is 23.2 Å². The second-order valence-corrected chi connectivity index (χ2v) is 2.95. The van der Waals surface area contributed by atoms with E-state index in [-0.39, 0.29) is 23.6 Å². The van der Waals surface area contributed by atoms with Crippen LogP contribution in [-0.4, -0.2) is 25.3 Å². The first kappa shape index (κ1) is 13.8. The van der Waals surface area contributed by atoms with E-state index in [4.69, 9.17) is 4.74 Å². The van der Waals surface area contributed by atoms with Crippen molar-refractivity contribution in [1.29, 1.82) is 0 Å². The fraction of sp³-hybridized carbons (Fsp3) is 0.273. The summed E-state index contributed by atoms with van der Waals surface area (Å²) in [6.07, 6.45) is 1.18. The fourth-order valence-electron chi connectivity index (χ4n) is 1.25. The van der Waals surface area contributed by atoms with E-state index in [1.54, 1.807) is 6.92 Å². The Balaban J connectivity index is 3.25. The van der Waals surface area contributed by atoms with Crippen LogP contribution in [0.4, 0.5) is 14.5 Å². The molecule has 0 atom stereocenters. The van der Waals surface area contributed by atoms with Gasteiger partial charge in [-0.15, -0.1) is 0 Å². The van der Waals surface area contributed by atoms with Crippen LogP contribution in [0, 0.1) is 0 Å². The van der Waals surface area contributed by atoms with Crippen LogP contribution in [0.25, 0.3) is 0 Å². The number of carbonyl (C=O) groups is 1. The molecule has 0 aromatic heterocycles. The number of para-hydroxylation sites is 1. The van der Waals surface area contributed by atoms with Crippen LogP contribution >= 0.6 is 0 Å². The number of esters is 1. The molecule has 0 heterocycles. The number of carbonyl (C=O) groups excluding carboxylic acids is 2. The van der Waals surface area contributed by atoms with Gasteiger partial charge in [-0.2, -0.15) is 13.8 Å². The van der Waals surface area contributed by atoms with Crippen LogP contribution in [-0.2, 0) is 9.53 Å². The van der Waals surface area contributed by atoms with Crippen molar-refractivity contribution in [1.82, 2.24) is 0 Å². The molecule has 0 saturated heterocycles. The van der Waals surface area contributed by atoms with E-state index in [1.807, 2.05) is 0 Å². The van der Waals surface area contributed by atoms with E-state index in [0.717, 1.165) is 6.07 Å². The lowest BCUT2D eigenvalue weighted by Crippen LogP contribution is -2.07. The minimum atomic E-state index is -3.09. The third-order valence-corrected chi connectivity index (χ3v) is 1.87. The van der Waals surface area contributed by atoms with Crippen molar-refractivity contribution in [3.05, 3.63) is 23.8 Å². The number of alkyl halides is 2. The summed E-state index contributed by atoms with van der Waals surface area (Å²) in [5.74, 6) is -1.18. The van der Waals surface area contributed by atoms with Crippen molar-refractivity contribution in [2.24, 2.45) is 4.99 Å². The number of hydrogen-bond acceptors (Lipinski definition) is 5. The Morgan fingerprint density at radius 3 is 2.78 bits per heavy atom. The van der Waals surface area contributed by atoms with Crippen molar-refractivity contribution in [2.45, 2.75) is 13.5 Å². The first-order valence-corrected chi connectivity index (χ1v) is 4.93. The highest BCUT2D eigenvalue weighted by Gasteiger charge is 2.18. The third kappa shape index (κ3) is 3.36. The maximum atomic E-state index is 12.1.